The van der Waals surface area contributed by atoms with Crippen LogP contribution in [-0.4, -0.2) is 29.5 Å². The largest absolute Gasteiger partial charge is 0.423 e. The summed E-state index contributed by atoms with van der Waals surface area (Å²) >= 11 is 2.00. The van der Waals surface area contributed by atoms with E-state index in [4.69, 9.17) is 4.42 Å². The van der Waals surface area contributed by atoms with Crippen LogP contribution in [0.1, 0.15) is 11.1 Å². The molecule has 0 aliphatic carbocycles. The lowest BCUT2D eigenvalue weighted by Gasteiger charge is -2.26. The highest BCUT2D eigenvalue weighted by atomic mass is 32.2. The lowest BCUT2D eigenvalue weighted by Crippen LogP contribution is -2.32. The van der Waals surface area contributed by atoms with E-state index in [1.54, 1.807) is 6.07 Å². The first-order valence-corrected chi connectivity index (χ1v) is 7.71. The molecule has 0 spiro atoms. The van der Waals surface area contributed by atoms with E-state index in [-0.39, 0.29) is 5.63 Å². The van der Waals surface area contributed by atoms with E-state index in [1.807, 2.05) is 23.9 Å². The lowest BCUT2D eigenvalue weighted by atomic mass is 10.1. The van der Waals surface area contributed by atoms with Crippen molar-refractivity contribution in [1.29, 1.82) is 0 Å². The van der Waals surface area contributed by atoms with Gasteiger partial charge in [-0.1, -0.05) is 11.6 Å². The van der Waals surface area contributed by atoms with Crippen molar-refractivity contribution in [2.75, 3.05) is 24.6 Å². The summed E-state index contributed by atoms with van der Waals surface area (Å²) in [5.74, 6) is 2.36. The topological polar surface area (TPSA) is 33.5 Å². The molecule has 0 bridgehead atoms. The van der Waals surface area contributed by atoms with Gasteiger partial charge in [-0.2, -0.15) is 11.8 Å². The minimum Gasteiger partial charge on any atom is -0.423 e. The standard InChI is InChI=1S/C15H17NO2S/c1-11-2-3-14-13(8-11)12(9-15(17)18-14)10-16-4-6-19-7-5-16/h2-3,8-9H,4-7,10H2,1H3. The molecule has 0 radical (unpaired) electrons. The molecule has 2 heterocycles. The molecule has 0 unspecified atom stereocenters. The molecule has 1 aliphatic heterocycles. The van der Waals surface area contributed by atoms with E-state index < -0.39 is 0 Å². The zero-order chi connectivity index (χ0) is 13.2. The Hall–Kier alpha value is -1.26. The third-order valence-electron chi connectivity index (χ3n) is 3.48. The van der Waals surface area contributed by atoms with Crippen molar-refractivity contribution < 1.29 is 4.42 Å². The minimum absolute atomic E-state index is 0.252. The number of fused-ring (bicyclic) bond motifs is 1. The summed E-state index contributed by atoms with van der Waals surface area (Å²) in [6, 6.07) is 7.62. The van der Waals surface area contributed by atoms with Crippen molar-refractivity contribution in [3.05, 3.63) is 45.8 Å². The summed E-state index contributed by atoms with van der Waals surface area (Å²) in [6.45, 7) is 5.09. The summed E-state index contributed by atoms with van der Waals surface area (Å²) < 4.78 is 5.27. The van der Waals surface area contributed by atoms with E-state index in [0.29, 0.717) is 5.58 Å². The van der Waals surface area contributed by atoms with Crippen LogP contribution in [0.5, 0.6) is 0 Å². The lowest BCUT2D eigenvalue weighted by molar-refractivity contribution is 0.295. The summed E-state index contributed by atoms with van der Waals surface area (Å²) in [6.07, 6.45) is 0. The maximum atomic E-state index is 11.6. The van der Waals surface area contributed by atoms with Crippen LogP contribution in [-0.2, 0) is 6.54 Å². The molecule has 1 saturated heterocycles. The minimum atomic E-state index is -0.252. The van der Waals surface area contributed by atoms with Gasteiger partial charge in [0.2, 0.25) is 0 Å². The highest BCUT2D eigenvalue weighted by Crippen LogP contribution is 2.21. The Morgan fingerprint density at radius 3 is 2.84 bits per heavy atom. The van der Waals surface area contributed by atoms with Gasteiger partial charge in [0.05, 0.1) is 0 Å². The summed E-state index contributed by atoms with van der Waals surface area (Å²) in [5, 5.41) is 1.07. The Balaban J connectivity index is 2.00. The fourth-order valence-corrected chi connectivity index (χ4v) is 3.45. The number of thioether (sulfide) groups is 1. The molecular formula is C15H17NO2S. The molecule has 4 heteroatoms. The van der Waals surface area contributed by atoms with Crippen molar-refractivity contribution in [3.8, 4) is 0 Å². The van der Waals surface area contributed by atoms with E-state index in [2.05, 4.69) is 17.9 Å². The Labute approximate surface area is 116 Å². The van der Waals surface area contributed by atoms with Gasteiger partial charge in [-0.05, 0) is 24.6 Å². The van der Waals surface area contributed by atoms with E-state index >= 15 is 0 Å². The first-order valence-electron chi connectivity index (χ1n) is 6.56. The molecule has 0 atom stereocenters. The Morgan fingerprint density at radius 2 is 2.05 bits per heavy atom. The molecule has 100 valence electrons. The van der Waals surface area contributed by atoms with E-state index in [0.717, 1.165) is 30.6 Å². The van der Waals surface area contributed by atoms with Crippen LogP contribution < -0.4 is 5.63 Å². The Bertz CT molecular complexity index is 644. The first-order chi connectivity index (χ1) is 9.22. The molecule has 0 saturated carbocycles. The number of nitrogens with zero attached hydrogens (tertiary/aromatic N) is 1. The average Bonchev–Trinajstić information content (AvgIpc) is 2.41. The van der Waals surface area contributed by atoms with Crippen LogP contribution in [0.3, 0.4) is 0 Å². The highest BCUT2D eigenvalue weighted by Gasteiger charge is 2.13. The SMILES string of the molecule is Cc1ccc2oc(=O)cc(CN3CCSCC3)c2c1. The monoisotopic (exact) mass is 275 g/mol. The maximum Gasteiger partial charge on any atom is 0.336 e. The smallest absolute Gasteiger partial charge is 0.336 e. The molecule has 3 rings (SSSR count). The zero-order valence-electron chi connectivity index (χ0n) is 11.0. The second-order valence-corrected chi connectivity index (χ2v) is 6.20. The average molecular weight is 275 g/mol. The number of benzene rings is 1. The van der Waals surface area contributed by atoms with Gasteiger partial charge >= 0.3 is 5.63 Å². The number of rotatable bonds is 2. The van der Waals surface area contributed by atoms with Crippen LogP contribution in [0.4, 0.5) is 0 Å². The molecule has 3 nitrogen and oxygen atoms in total. The van der Waals surface area contributed by atoms with Gasteiger partial charge in [-0.25, -0.2) is 4.79 Å². The zero-order valence-corrected chi connectivity index (χ0v) is 11.8. The van der Waals surface area contributed by atoms with Gasteiger partial charge in [0.15, 0.2) is 0 Å². The molecular weight excluding hydrogens is 258 g/mol. The predicted molar refractivity (Wildman–Crippen MR) is 79.8 cm³/mol. The Kier molecular flexibility index (Phi) is 3.62. The van der Waals surface area contributed by atoms with Gasteiger partial charge in [0.25, 0.3) is 0 Å². The van der Waals surface area contributed by atoms with Crippen LogP contribution in [0, 0.1) is 6.92 Å². The van der Waals surface area contributed by atoms with Crippen LogP contribution in [0.25, 0.3) is 11.0 Å². The number of aryl methyl sites for hydroxylation is 1. The quantitative estimate of drug-likeness (QED) is 0.789. The molecule has 19 heavy (non-hydrogen) atoms. The summed E-state index contributed by atoms with van der Waals surface area (Å²) in [7, 11) is 0. The fraction of sp³-hybridized carbons (Fsp3) is 0.400. The molecule has 1 fully saturated rings. The second kappa shape index (κ2) is 5.39. The molecule has 1 aromatic heterocycles. The molecule has 2 aromatic rings. The van der Waals surface area contributed by atoms with Gasteiger partial charge in [0, 0.05) is 42.6 Å². The molecule has 0 N–H and O–H groups in total. The molecule has 1 aromatic carbocycles. The second-order valence-electron chi connectivity index (χ2n) is 4.98. The van der Waals surface area contributed by atoms with Crippen molar-refractivity contribution in [3.63, 3.8) is 0 Å². The summed E-state index contributed by atoms with van der Waals surface area (Å²) in [4.78, 5) is 14.1. The Morgan fingerprint density at radius 1 is 1.26 bits per heavy atom. The third kappa shape index (κ3) is 2.85. The normalized spacial score (nSPS) is 16.9. The van der Waals surface area contributed by atoms with Gasteiger partial charge in [-0.15, -0.1) is 0 Å². The van der Waals surface area contributed by atoms with Crippen LogP contribution in [0.2, 0.25) is 0 Å². The van der Waals surface area contributed by atoms with Gasteiger partial charge < -0.3 is 4.42 Å². The van der Waals surface area contributed by atoms with Crippen LogP contribution >= 0.6 is 11.8 Å². The van der Waals surface area contributed by atoms with E-state index in [1.165, 1.54) is 17.1 Å². The van der Waals surface area contributed by atoms with Crippen molar-refractivity contribution in [1.82, 2.24) is 4.90 Å². The van der Waals surface area contributed by atoms with Gasteiger partial charge in [0.1, 0.15) is 5.58 Å². The maximum absolute atomic E-state index is 11.6. The fourth-order valence-electron chi connectivity index (χ4n) is 2.47. The number of hydrogen-bond donors (Lipinski definition) is 0. The first kappa shape index (κ1) is 12.8. The number of hydrogen-bond acceptors (Lipinski definition) is 4. The summed E-state index contributed by atoms with van der Waals surface area (Å²) in [5.41, 5.74) is 2.72. The predicted octanol–water partition coefficient (Wildman–Crippen LogP) is 2.65. The van der Waals surface area contributed by atoms with Crippen molar-refractivity contribution in [2.45, 2.75) is 13.5 Å². The van der Waals surface area contributed by atoms with Gasteiger partial charge in [-0.3, -0.25) is 4.90 Å². The van der Waals surface area contributed by atoms with Crippen LogP contribution in [0.15, 0.2) is 33.5 Å². The third-order valence-corrected chi connectivity index (χ3v) is 4.42. The van der Waals surface area contributed by atoms with Crippen molar-refractivity contribution in [2.24, 2.45) is 0 Å². The van der Waals surface area contributed by atoms with E-state index in [9.17, 15) is 4.79 Å². The highest BCUT2D eigenvalue weighted by molar-refractivity contribution is 7.99. The molecule has 1 aliphatic rings. The molecule has 0 amide bonds. The van der Waals surface area contributed by atoms with Crippen molar-refractivity contribution >= 4 is 22.7 Å².